The number of rotatable bonds is 8. The second-order valence-electron chi connectivity index (χ2n) is 5.38. The molecule has 0 aliphatic carbocycles. The number of nitrogens with one attached hydrogen (secondary N) is 2. The van der Waals surface area contributed by atoms with Gasteiger partial charge in [0.25, 0.3) is 0 Å². The maximum atomic E-state index is 13.0. The first-order chi connectivity index (χ1) is 12.0. The summed E-state index contributed by atoms with van der Waals surface area (Å²) in [6, 6.07) is 9.74. The van der Waals surface area contributed by atoms with Gasteiger partial charge in [0.15, 0.2) is 9.84 Å². The summed E-state index contributed by atoms with van der Waals surface area (Å²) in [6.07, 6.45) is 0.808. The molecule has 2 N–H and O–H groups in total. The Bertz CT molecular complexity index is 771. The molecule has 0 radical (unpaired) electrons. The number of carbonyl (C=O) groups excluding carboxylic acids is 1. The van der Waals surface area contributed by atoms with Crippen LogP contribution in [-0.2, 0) is 9.84 Å². The van der Waals surface area contributed by atoms with Gasteiger partial charge < -0.3 is 15.4 Å². The number of hydrogen-bond donors (Lipinski definition) is 2. The number of urea groups is 1. The molecule has 0 aliphatic heterocycles. The Hall–Kier alpha value is -2.06. The molecule has 0 saturated carbocycles. The topological polar surface area (TPSA) is 84.5 Å². The molecule has 1 aromatic heterocycles. The van der Waals surface area contributed by atoms with Crippen molar-refractivity contribution in [1.82, 2.24) is 10.6 Å². The Morgan fingerprint density at radius 1 is 1.20 bits per heavy atom. The summed E-state index contributed by atoms with van der Waals surface area (Å²) in [6.45, 7) is 2.47. The zero-order valence-electron chi connectivity index (χ0n) is 14.2. The summed E-state index contributed by atoms with van der Waals surface area (Å²) in [4.78, 5) is 11.8. The smallest absolute Gasteiger partial charge is 0.314 e. The van der Waals surface area contributed by atoms with Crippen molar-refractivity contribution in [3.63, 3.8) is 0 Å². The summed E-state index contributed by atoms with van der Waals surface area (Å²) in [5.74, 6) is 0.643. The molecular weight excluding hydrogens is 360 g/mol. The van der Waals surface area contributed by atoms with Gasteiger partial charge in [-0.15, -0.1) is 11.3 Å². The molecule has 0 bridgehead atoms. The van der Waals surface area contributed by atoms with E-state index in [-0.39, 0.29) is 16.8 Å². The van der Waals surface area contributed by atoms with Crippen molar-refractivity contribution in [3.8, 4) is 5.75 Å². The van der Waals surface area contributed by atoms with Crippen molar-refractivity contribution in [2.24, 2.45) is 0 Å². The van der Waals surface area contributed by atoms with E-state index in [1.807, 2.05) is 6.92 Å². The van der Waals surface area contributed by atoms with Gasteiger partial charge in [-0.25, -0.2) is 13.2 Å². The lowest BCUT2D eigenvalue weighted by Gasteiger charge is -2.18. The first-order valence-electron chi connectivity index (χ1n) is 7.92. The number of sulfone groups is 1. The minimum absolute atomic E-state index is 0.0118. The fraction of sp³-hybridized carbons (Fsp3) is 0.353. The minimum atomic E-state index is -3.61. The normalized spacial score (nSPS) is 12.4. The zero-order valence-corrected chi connectivity index (χ0v) is 15.8. The Kier molecular flexibility index (Phi) is 6.83. The quantitative estimate of drug-likeness (QED) is 0.735. The average molecular weight is 383 g/mol. The SMILES string of the molecule is CCCNC(=O)NC[C@@H](c1ccc(OC)cc1)S(=O)(=O)c1cccs1. The first kappa shape index (κ1) is 19.3. The molecular formula is C17H22N2O4S2. The third-order valence-corrected chi connectivity index (χ3v) is 7.15. The Morgan fingerprint density at radius 3 is 2.48 bits per heavy atom. The average Bonchev–Trinajstić information content (AvgIpc) is 3.16. The molecule has 1 atom stereocenters. The highest BCUT2D eigenvalue weighted by atomic mass is 32.2. The lowest BCUT2D eigenvalue weighted by Crippen LogP contribution is -2.39. The van der Waals surface area contributed by atoms with E-state index in [0.717, 1.165) is 6.42 Å². The van der Waals surface area contributed by atoms with Crippen molar-refractivity contribution in [2.45, 2.75) is 22.8 Å². The highest BCUT2D eigenvalue weighted by Crippen LogP contribution is 2.31. The third-order valence-electron chi connectivity index (χ3n) is 3.62. The number of hydrogen-bond acceptors (Lipinski definition) is 5. The number of ether oxygens (including phenoxy) is 1. The molecule has 25 heavy (non-hydrogen) atoms. The van der Waals surface area contributed by atoms with Gasteiger partial charge in [0.05, 0.1) is 7.11 Å². The van der Waals surface area contributed by atoms with E-state index < -0.39 is 15.1 Å². The number of thiophene rings is 1. The molecule has 0 unspecified atom stereocenters. The van der Waals surface area contributed by atoms with E-state index in [2.05, 4.69) is 10.6 Å². The summed E-state index contributed by atoms with van der Waals surface area (Å²) in [5, 5.41) is 6.19. The number of methoxy groups -OCH3 is 1. The van der Waals surface area contributed by atoms with Gasteiger partial charge in [-0.2, -0.15) is 0 Å². The van der Waals surface area contributed by atoms with Crippen LogP contribution in [0.4, 0.5) is 4.79 Å². The van der Waals surface area contributed by atoms with E-state index in [0.29, 0.717) is 17.9 Å². The van der Waals surface area contributed by atoms with Crippen LogP contribution in [0, 0.1) is 0 Å². The number of benzene rings is 1. The van der Waals surface area contributed by atoms with Crippen LogP contribution in [0.25, 0.3) is 0 Å². The highest BCUT2D eigenvalue weighted by Gasteiger charge is 2.30. The first-order valence-corrected chi connectivity index (χ1v) is 10.3. The predicted octanol–water partition coefficient (Wildman–Crippen LogP) is 2.98. The standard InChI is InChI=1S/C17H22N2O4S2/c1-3-10-18-17(20)19-12-15(13-6-8-14(23-2)9-7-13)25(21,22)16-5-4-11-24-16/h4-9,11,15H,3,10,12H2,1-2H3,(H2,18,19,20)/t15-/m0/s1. The molecule has 0 saturated heterocycles. The number of carbonyl (C=O) groups is 1. The van der Waals surface area contributed by atoms with Gasteiger partial charge in [-0.1, -0.05) is 25.1 Å². The molecule has 0 aliphatic rings. The fourth-order valence-corrected chi connectivity index (χ4v) is 5.14. The Morgan fingerprint density at radius 2 is 1.92 bits per heavy atom. The van der Waals surface area contributed by atoms with Gasteiger partial charge >= 0.3 is 6.03 Å². The van der Waals surface area contributed by atoms with E-state index in [4.69, 9.17) is 4.74 Å². The maximum absolute atomic E-state index is 13.0. The molecule has 2 aromatic rings. The van der Waals surface area contributed by atoms with Crippen molar-refractivity contribution >= 4 is 27.2 Å². The van der Waals surface area contributed by atoms with Crippen LogP contribution >= 0.6 is 11.3 Å². The Balaban J connectivity index is 2.26. The van der Waals surface area contributed by atoms with E-state index in [1.165, 1.54) is 11.3 Å². The second-order valence-corrected chi connectivity index (χ2v) is 8.68. The van der Waals surface area contributed by atoms with Crippen molar-refractivity contribution in [2.75, 3.05) is 20.2 Å². The summed E-state index contributed by atoms with van der Waals surface area (Å²) in [5.41, 5.74) is 0.602. The van der Waals surface area contributed by atoms with Crippen LogP contribution in [-0.4, -0.2) is 34.6 Å². The van der Waals surface area contributed by atoms with E-state index >= 15 is 0 Å². The summed E-state index contributed by atoms with van der Waals surface area (Å²) >= 11 is 1.17. The second kappa shape index (κ2) is 8.87. The molecule has 136 valence electrons. The lowest BCUT2D eigenvalue weighted by atomic mass is 10.1. The van der Waals surface area contributed by atoms with Crippen molar-refractivity contribution < 1.29 is 17.9 Å². The lowest BCUT2D eigenvalue weighted by molar-refractivity contribution is 0.241. The fourth-order valence-electron chi connectivity index (χ4n) is 2.28. The van der Waals surface area contributed by atoms with Crippen LogP contribution in [0.15, 0.2) is 46.0 Å². The Labute approximate surface area is 152 Å². The molecule has 2 rings (SSSR count). The predicted molar refractivity (Wildman–Crippen MR) is 98.9 cm³/mol. The van der Waals surface area contributed by atoms with Crippen LogP contribution in [0.1, 0.15) is 24.2 Å². The molecule has 0 fully saturated rings. The van der Waals surface area contributed by atoms with Gasteiger partial charge in [0, 0.05) is 13.1 Å². The zero-order chi connectivity index (χ0) is 18.3. The van der Waals surface area contributed by atoms with Crippen LogP contribution < -0.4 is 15.4 Å². The van der Waals surface area contributed by atoms with Crippen molar-refractivity contribution in [3.05, 3.63) is 47.3 Å². The van der Waals surface area contributed by atoms with E-state index in [9.17, 15) is 13.2 Å². The largest absolute Gasteiger partial charge is 0.497 e. The molecule has 0 spiro atoms. The van der Waals surface area contributed by atoms with Crippen LogP contribution in [0.2, 0.25) is 0 Å². The summed E-state index contributed by atoms with van der Waals surface area (Å²) in [7, 11) is -2.06. The highest BCUT2D eigenvalue weighted by molar-refractivity contribution is 7.93. The third kappa shape index (κ3) is 4.96. The van der Waals surface area contributed by atoms with Crippen LogP contribution in [0.3, 0.4) is 0 Å². The minimum Gasteiger partial charge on any atom is -0.497 e. The molecule has 6 nitrogen and oxygen atoms in total. The molecule has 8 heteroatoms. The van der Waals surface area contributed by atoms with Gasteiger partial charge in [0.1, 0.15) is 15.2 Å². The number of amides is 2. The molecule has 1 aromatic carbocycles. The molecule has 2 amide bonds. The maximum Gasteiger partial charge on any atom is 0.314 e. The molecule has 1 heterocycles. The monoisotopic (exact) mass is 382 g/mol. The van der Waals surface area contributed by atoms with Gasteiger partial charge in [-0.05, 0) is 35.6 Å². The van der Waals surface area contributed by atoms with E-state index in [1.54, 1.807) is 48.9 Å². The van der Waals surface area contributed by atoms with Gasteiger partial charge in [-0.3, -0.25) is 0 Å². The van der Waals surface area contributed by atoms with Gasteiger partial charge in [0.2, 0.25) is 0 Å². The van der Waals surface area contributed by atoms with Crippen molar-refractivity contribution in [1.29, 1.82) is 0 Å². The van der Waals surface area contributed by atoms with Crippen LogP contribution in [0.5, 0.6) is 5.75 Å². The summed E-state index contributed by atoms with van der Waals surface area (Å²) < 4.78 is 31.4.